The van der Waals surface area contributed by atoms with E-state index < -0.39 is 0 Å². The van der Waals surface area contributed by atoms with Crippen LogP contribution in [0.15, 0.2) is 30.3 Å². The van der Waals surface area contributed by atoms with Crippen LogP contribution in [0.1, 0.15) is 37.2 Å². The van der Waals surface area contributed by atoms with Crippen LogP contribution in [-0.2, 0) is 14.3 Å². The summed E-state index contributed by atoms with van der Waals surface area (Å²) in [5.74, 6) is 1.11. The summed E-state index contributed by atoms with van der Waals surface area (Å²) in [5, 5.41) is 0. The fraction of sp³-hybridized carbons (Fsp3) is 0.556. The number of benzene rings is 1. The Morgan fingerprint density at radius 2 is 1.86 bits per heavy atom. The molecule has 1 aliphatic heterocycles. The van der Waals surface area contributed by atoms with E-state index in [1.165, 1.54) is 12.7 Å². The Hall–Kier alpha value is -1.84. The van der Waals surface area contributed by atoms with Gasteiger partial charge in [-0.2, -0.15) is 0 Å². The van der Waals surface area contributed by atoms with Crippen molar-refractivity contribution in [2.45, 2.75) is 31.6 Å². The van der Waals surface area contributed by atoms with Crippen molar-refractivity contribution in [2.75, 3.05) is 20.2 Å². The summed E-state index contributed by atoms with van der Waals surface area (Å²) in [5.41, 5.74) is 1.35. The van der Waals surface area contributed by atoms with Crippen LogP contribution in [0.25, 0.3) is 0 Å². The molecule has 2 fully saturated rings. The summed E-state index contributed by atoms with van der Waals surface area (Å²) in [4.78, 5) is 25.8. The number of ether oxygens (including phenoxy) is 1. The highest BCUT2D eigenvalue weighted by Gasteiger charge is 2.40. The number of esters is 1. The molecule has 0 N–H and O–H groups in total. The monoisotopic (exact) mass is 301 g/mol. The average Bonchev–Trinajstić information content (AvgIpc) is 3.34. The Balaban J connectivity index is 1.45. The molecule has 1 amide bonds. The van der Waals surface area contributed by atoms with Gasteiger partial charge in [-0.05, 0) is 36.7 Å². The lowest BCUT2D eigenvalue weighted by atomic mass is 9.96. The minimum Gasteiger partial charge on any atom is -0.469 e. The molecule has 0 aromatic heterocycles. The third-order valence-electron chi connectivity index (χ3n) is 4.97. The van der Waals surface area contributed by atoms with Gasteiger partial charge in [0.1, 0.15) is 0 Å². The van der Waals surface area contributed by atoms with Gasteiger partial charge in [-0.3, -0.25) is 9.59 Å². The lowest BCUT2D eigenvalue weighted by Gasteiger charge is -2.30. The minimum absolute atomic E-state index is 0.0351. The number of likely N-dealkylation sites (tertiary alicyclic amines) is 1. The van der Waals surface area contributed by atoms with Crippen molar-refractivity contribution in [3.05, 3.63) is 35.9 Å². The molecule has 118 valence electrons. The largest absolute Gasteiger partial charge is 0.469 e. The standard InChI is InChI=1S/C18H23NO3/c1-22-18(21)14-7-9-19(10-8-14)17(20)12-15-11-16(15)13-5-3-2-4-6-13/h2-6,14-16H,7-12H2,1H3. The van der Waals surface area contributed by atoms with E-state index in [1.807, 2.05) is 11.0 Å². The summed E-state index contributed by atoms with van der Waals surface area (Å²) in [6.45, 7) is 1.36. The summed E-state index contributed by atoms with van der Waals surface area (Å²) in [6, 6.07) is 10.4. The Kier molecular flexibility index (Phi) is 4.46. The first-order chi connectivity index (χ1) is 10.7. The Morgan fingerprint density at radius 3 is 2.50 bits per heavy atom. The zero-order chi connectivity index (χ0) is 15.5. The first-order valence-electron chi connectivity index (χ1n) is 8.09. The number of amides is 1. The van der Waals surface area contributed by atoms with E-state index in [-0.39, 0.29) is 17.8 Å². The van der Waals surface area contributed by atoms with Gasteiger partial charge in [-0.1, -0.05) is 30.3 Å². The molecule has 0 bridgehead atoms. The second kappa shape index (κ2) is 6.51. The van der Waals surface area contributed by atoms with Gasteiger partial charge in [0.15, 0.2) is 0 Å². The van der Waals surface area contributed by atoms with Crippen LogP contribution in [-0.4, -0.2) is 37.0 Å². The van der Waals surface area contributed by atoms with Gasteiger partial charge in [-0.25, -0.2) is 0 Å². The molecule has 1 aromatic rings. The molecule has 4 heteroatoms. The number of nitrogens with zero attached hydrogens (tertiary/aromatic N) is 1. The molecule has 1 aliphatic carbocycles. The third kappa shape index (κ3) is 3.32. The number of carbonyl (C=O) groups excluding carboxylic acids is 2. The summed E-state index contributed by atoms with van der Waals surface area (Å²) in [7, 11) is 1.43. The second-order valence-electron chi connectivity index (χ2n) is 6.40. The number of rotatable bonds is 4. The van der Waals surface area contributed by atoms with E-state index in [0.29, 0.717) is 31.3 Å². The summed E-state index contributed by atoms with van der Waals surface area (Å²) in [6.07, 6.45) is 3.22. The molecule has 4 nitrogen and oxygen atoms in total. The van der Waals surface area contributed by atoms with E-state index in [1.54, 1.807) is 0 Å². The predicted molar refractivity (Wildman–Crippen MR) is 83.2 cm³/mol. The highest BCUT2D eigenvalue weighted by molar-refractivity contribution is 5.78. The highest BCUT2D eigenvalue weighted by Crippen LogP contribution is 2.49. The first-order valence-corrected chi connectivity index (χ1v) is 8.09. The fourth-order valence-corrected chi connectivity index (χ4v) is 3.47. The number of carbonyl (C=O) groups is 2. The number of hydrogen-bond acceptors (Lipinski definition) is 3. The van der Waals surface area contributed by atoms with E-state index in [0.717, 1.165) is 19.3 Å². The van der Waals surface area contributed by atoms with Crippen molar-refractivity contribution >= 4 is 11.9 Å². The maximum absolute atomic E-state index is 12.4. The molecule has 1 saturated heterocycles. The molecular formula is C18H23NO3. The predicted octanol–water partition coefficient (Wildman–Crippen LogP) is 2.59. The van der Waals surface area contributed by atoms with Crippen LogP contribution in [0, 0.1) is 11.8 Å². The molecule has 2 atom stereocenters. The van der Waals surface area contributed by atoms with Gasteiger partial charge in [0, 0.05) is 19.5 Å². The number of piperidine rings is 1. The van der Waals surface area contributed by atoms with Crippen LogP contribution < -0.4 is 0 Å². The Labute approximate surface area is 131 Å². The second-order valence-corrected chi connectivity index (χ2v) is 6.40. The topological polar surface area (TPSA) is 46.6 Å². The van der Waals surface area contributed by atoms with Gasteiger partial charge < -0.3 is 9.64 Å². The van der Waals surface area contributed by atoms with Crippen molar-refractivity contribution in [2.24, 2.45) is 11.8 Å². The van der Waals surface area contributed by atoms with Crippen LogP contribution >= 0.6 is 0 Å². The summed E-state index contributed by atoms with van der Waals surface area (Å²) >= 11 is 0. The lowest BCUT2D eigenvalue weighted by molar-refractivity contribution is -0.149. The van der Waals surface area contributed by atoms with Gasteiger partial charge in [0.25, 0.3) is 0 Å². The van der Waals surface area contributed by atoms with Crippen molar-refractivity contribution in [3.63, 3.8) is 0 Å². The smallest absolute Gasteiger partial charge is 0.308 e. The highest BCUT2D eigenvalue weighted by atomic mass is 16.5. The molecule has 1 heterocycles. The number of hydrogen-bond donors (Lipinski definition) is 0. The lowest BCUT2D eigenvalue weighted by Crippen LogP contribution is -2.40. The van der Waals surface area contributed by atoms with Gasteiger partial charge in [0.05, 0.1) is 13.0 Å². The molecule has 0 spiro atoms. The van der Waals surface area contributed by atoms with Crippen LogP contribution in [0.5, 0.6) is 0 Å². The van der Waals surface area contributed by atoms with Gasteiger partial charge >= 0.3 is 5.97 Å². The van der Waals surface area contributed by atoms with Crippen molar-refractivity contribution in [1.82, 2.24) is 4.90 Å². The maximum atomic E-state index is 12.4. The zero-order valence-corrected chi connectivity index (χ0v) is 13.0. The van der Waals surface area contributed by atoms with E-state index in [9.17, 15) is 9.59 Å². The van der Waals surface area contributed by atoms with E-state index in [4.69, 9.17) is 4.74 Å². The van der Waals surface area contributed by atoms with Crippen LogP contribution in [0.3, 0.4) is 0 Å². The molecule has 2 unspecified atom stereocenters. The minimum atomic E-state index is -0.140. The molecule has 2 aliphatic rings. The quantitative estimate of drug-likeness (QED) is 0.803. The molecule has 1 aromatic carbocycles. The van der Waals surface area contributed by atoms with Crippen LogP contribution in [0.4, 0.5) is 0 Å². The molecule has 22 heavy (non-hydrogen) atoms. The van der Waals surface area contributed by atoms with Crippen molar-refractivity contribution in [1.29, 1.82) is 0 Å². The normalized spacial score (nSPS) is 24.9. The average molecular weight is 301 g/mol. The fourth-order valence-electron chi connectivity index (χ4n) is 3.47. The van der Waals surface area contributed by atoms with Crippen LogP contribution in [0.2, 0.25) is 0 Å². The SMILES string of the molecule is COC(=O)C1CCN(C(=O)CC2CC2c2ccccc2)CC1. The van der Waals surface area contributed by atoms with E-state index in [2.05, 4.69) is 24.3 Å². The zero-order valence-electron chi connectivity index (χ0n) is 13.0. The molecule has 1 saturated carbocycles. The van der Waals surface area contributed by atoms with Gasteiger partial charge in [-0.15, -0.1) is 0 Å². The Bertz CT molecular complexity index is 535. The van der Waals surface area contributed by atoms with Crippen molar-refractivity contribution in [3.8, 4) is 0 Å². The Morgan fingerprint density at radius 1 is 1.18 bits per heavy atom. The molecule has 3 rings (SSSR count). The third-order valence-corrected chi connectivity index (χ3v) is 4.97. The van der Waals surface area contributed by atoms with E-state index >= 15 is 0 Å². The maximum Gasteiger partial charge on any atom is 0.308 e. The van der Waals surface area contributed by atoms with Crippen molar-refractivity contribution < 1.29 is 14.3 Å². The van der Waals surface area contributed by atoms with Gasteiger partial charge in [0.2, 0.25) is 5.91 Å². The first kappa shape index (κ1) is 15.1. The molecular weight excluding hydrogens is 278 g/mol. The summed E-state index contributed by atoms with van der Waals surface area (Å²) < 4.78 is 4.78. The molecule has 0 radical (unpaired) electrons. The number of methoxy groups -OCH3 is 1.